The molecule has 0 aliphatic carbocycles. The van der Waals surface area contributed by atoms with Crippen molar-refractivity contribution in [2.24, 2.45) is 5.92 Å². The molecule has 1 aromatic rings. The monoisotopic (exact) mass is 305 g/mol. The molecule has 0 N–H and O–H groups in total. The van der Waals surface area contributed by atoms with E-state index in [2.05, 4.69) is 0 Å². The van der Waals surface area contributed by atoms with Crippen LogP contribution in [0.4, 0.5) is 5.69 Å². The number of amides is 1. The summed E-state index contributed by atoms with van der Waals surface area (Å²) in [6.45, 7) is 0.786. The highest BCUT2D eigenvalue weighted by atomic mass is 35.5. The first-order chi connectivity index (χ1) is 10.1. The van der Waals surface area contributed by atoms with Crippen molar-refractivity contribution in [2.75, 3.05) is 11.4 Å². The fourth-order valence-electron chi connectivity index (χ4n) is 3.52. The van der Waals surface area contributed by atoms with Gasteiger partial charge in [0.25, 0.3) is 6.47 Å². The van der Waals surface area contributed by atoms with E-state index < -0.39 is 17.6 Å². The van der Waals surface area contributed by atoms with Crippen LogP contribution in [0.3, 0.4) is 0 Å². The minimum absolute atomic E-state index is 0.101. The van der Waals surface area contributed by atoms with Crippen LogP contribution in [0.1, 0.15) is 0 Å². The second kappa shape index (κ2) is 4.32. The quantitative estimate of drug-likeness (QED) is 0.628. The third-order valence-corrected chi connectivity index (χ3v) is 4.61. The molecule has 2 bridgehead atoms. The normalized spacial score (nSPS) is 36.1. The Kier molecular flexibility index (Phi) is 2.65. The summed E-state index contributed by atoms with van der Waals surface area (Å²) in [5.41, 5.74) is 0.0270. The fourth-order valence-corrected chi connectivity index (χ4v) is 3.71. The SMILES string of the molecule is O=CO[C@@H]1[C@@H]2C=C[C@@]3(CN(c4cccc(Cl)c4)C(=O)[C@@H]13)O2. The molecule has 4 atom stereocenters. The summed E-state index contributed by atoms with van der Waals surface area (Å²) in [5.74, 6) is -0.590. The molecule has 108 valence electrons. The summed E-state index contributed by atoms with van der Waals surface area (Å²) in [6.07, 6.45) is 2.89. The van der Waals surface area contributed by atoms with Crippen molar-refractivity contribution < 1.29 is 19.1 Å². The number of rotatable bonds is 3. The van der Waals surface area contributed by atoms with Crippen LogP contribution in [0, 0.1) is 5.92 Å². The van der Waals surface area contributed by atoms with Gasteiger partial charge in [0, 0.05) is 10.7 Å². The van der Waals surface area contributed by atoms with Crippen molar-refractivity contribution in [3.8, 4) is 0 Å². The van der Waals surface area contributed by atoms with Crippen molar-refractivity contribution in [1.82, 2.24) is 0 Å². The molecule has 0 saturated carbocycles. The Morgan fingerprint density at radius 3 is 3.10 bits per heavy atom. The summed E-state index contributed by atoms with van der Waals surface area (Å²) < 4.78 is 11.0. The standard InChI is InChI=1S/C15H12ClNO4/c16-9-2-1-3-10(6-9)17-7-15-5-4-11(21-15)13(20-8-18)12(15)14(17)19/h1-6,8,11-13H,7H2/t11-,12+,13+,15-/m0/s1. The fraction of sp³-hybridized carbons (Fsp3) is 0.333. The van der Waals surface area contributed by atoms with Gasteiger partial charge in [0.2, 0.25) is 5.91 Å². The van der Waals surface area contributed by atoms with Gasteiger partial charge in [-0.15, -0.1) is 0 Å². The van der Waals surface area contributed by atoms with Gasteiger partial charge >= 0.3 is 0 Å². The first-order valence-corrected chi connectivity index (χ1v) is 7.06. The molecule has 1 amide bonds. The third kappa shape index (κ3) is 1.68. The number of hydrogen-bond acceptors (Lipinski definition) is 4. The van der Waals surface area contributed by atoms with Gasteiger partial charge in [-0.25, -0.2) is 0 Å². The minimum Gasteiger partial charge on any atom is -0.460 e. The van der Waals surface area contributed by atoms with Crippen LogP contribution in [0.15, 0.2) is 36.4 Å². The molecule has 3 aliphatic heterocycles. The Morgan fingerprint density at radius 1 is 1.48 bits per heavy atom. The Balaban J connectivity index is 1.72. The lowest BCUT2D eigenvalue weighted by molar-refractivity contribution is -0.139. The van der Waals surface area contributed by atoms with Crippen molar-refractivity contribution >= 4 is 29.7 Å². The zero-order chi connectivity index (χ0) is 14.6. The predicted molar refractivity (Wildman–Crippen MR) is 75.0 cm³/mol. The maximum Gasteiger partial charge on any atom is 0.293 e. The number of ether oxygens (including phenoxy) is 2. The minimum atomic E-state index is -0.697. The van der Waals surface area contributed by atoms with E-state index in [1.54, 1.807) is 23.1 Å². The van der Waals surface area contributed by atoms with Gasteiger partial charge in [-0.1, -0.05) is 29.8 Å². The Bertz CT molecular complexity index is 661. The van der Waals surface area contributed by atoms with Crippen molar-refractivity contribution in [1.29, 1.82) is 0 Å². The molecule has 5 nitrogen and oxygen atoms in total. The van der Waals surface area contributed by atoms with Gasteiger partial charge in [0.1, 0.15) is 23.7 Å². The number of anilines is 1. The topological polar surface area (TPSA) is 55.8 Å². The Labute approximate surface area is 126 Å². The molecule has 2 saturated heterocycles. The number of nitrogens with zero attached hydrogens (tertiary/aromatic N) is 1. The number of carbonyl (C=O) groups excluding carboxylic acids is 2. The highest BCUT2D eigenvalue weighted by molar-refractivity contribution is 6.31. The van der Waals surface area contributed by atoms with Crippen LogP contribution >= 0.6 is 11.6 Å². The first-order valence-electron chi connectivity index (χ1n) is 6.68. The smallest absolute Gasteiger partial charge is 0.293 e. The van der Waals surface area contributed by atoms with Gasteiger partial charge in [-0.05, 0) is 18.2 Å². The van der Waals surface area contributed by atoms with Crippen LogP contribution < -0.4 is 4.90 Å². The van der Waals surface area contributed by atoms with E-state index in [9.17, 15) is 9.59 Å². The van der Waals surface area contributed by atoms with Crippen LogP contribution in [-0.4, -0.2) is 36.7 Å². The molecule has 4 rings (SSSR count). The largest absolute Gasteiger partial charge is 0.460 e. The Morgan fingerprint density at radius 2 is 2.33 bits per heavy atom. The van der Waals surface area contributed by atoms with E-state index in [0.717, 1.165) is 5.69 Å². The molecule has 0 aromatic heterocycles. The number of fused-ring (bicyclic) bond motifs is 1. The number of carbonyl (C=O) groups is 2. The first kappa shape index (κ1) is 12.9. The predicted octanol–water partition coefficient (Wildman–Crippen LogP) is 1.55. The Hall–Kier alpha value is -1.85. The second-order valence-electron chi connectivity index (χ2n) is 5.48. The van der Waals surface area contributed by atoms with Crippen molar-refractivity contribution in [3.63, 3.8) is 0 Å². The average Bonchev–Trinajstić information content (AvgIpc) is 3.09. The lowest BCUT2D eigenvalue weighted by Crippen LogP contribution is -2.40. The van der Waals surface area contributed by atoms with E-state index in [1.807, 2.05) is 18.2 Å². The number of benzene rings is 1. The summed E-state index contributed by atoms with van der Waals surface area (Å²) in [4.78, 5) is 25.1. The molecular weight excluding hydrogens is 294 g/mol. The molecule has 0 unspecified atom stereocenters. The van der Waals surface area contributed by atoms with E-state index >= 15 is 0 Å². The third-order valence-electron chi connectivity index (χ3n) is 4.37. The maximum absolute atomic E-state index is 12.7. The molecule has 0 radical (unpaired) electrons. The molecular formula is C15H12ClNO4. The number of hydrogen-bond donors (Lipinski definition) is 0. The van der Waals surface area contributed by atoms with Gasteiger partial charge in [0.05, 0.1) is 6.54 Å². The zero-order valence-electron chi connectivity index (χ0n) is 10.9. The zero-order valence-corrected chi connectivity index (χ0v) is 11.7. The highest BCUT2D eigenvalue weighted by Gasteiger charge is 2.66. The lowest BCUT2D eigenvalue weighted by Gasteiger charge is -2.22. The van der Waals surface area contributed by atoms with Gasteiger partial charge in [-0.3, -0.25) is 9.59 Å². The highest BCUT2D eigenvalue weighted by Crippen LogP contribution is 2.50. The molecule has 3 aliphatic rings. The summed E-state index contributed by atoms with van der Waals surface area (Å²) in [5, 5.41) is 0.566. The molecule has 1 aromatic carbocycles. The van der Waals surface area contributed by atoms with Crippen LogP contribution in [-0.2, 0) is 19.1 Å². The van der Waals surface area contributed by atoms with Crippen LogP contribution in [0.2, 0.25) is 5.02 Å². The van der Waals surface area contributed by atoms with E-state index in [-0.39, 0.29) is 12.0 Å². The van der Waals surface area contributed by atoms with Gasteiger partial charge in [-0.2, -0.15) is 0 Å². The van der Waals surface area contributed by atoms with E-state index in [0.29, 0.717) is 18.0 Å². The molecule has 1 spiro atoms. The van der Waals surface area contributed by atoms with Crippen LogP contribution in [0.25, 0.3) is 0 Å². The van der Waals surface area contributed by atoms with Crippen molar-refractivity contribution in [3.05, 3.63) is 41.4 Å². The maximum atomic E-state index is 12.7. The van der Waals surface area contributed by atoms with E-state index in [1.165, 1.54) is 0 Å². The van der Waals surface area contributed by atoms with Crippen molar-refractivity contribution in [2.45, 2.75) is 17.8 Å². The average molecular weight is 306 g/mol. The molecule has 2 fully saturated rings. The molecule has 3 heterocycles. The second-order valence-corrected chi connectivity index (χ2v) is 5.91. The van der Waals surface area contributed by atoms with Gasteiger partial charge in [0.15, 0.2) is 0 Å². The van der Waals surface area contributed by atoms with E-state index in [4.69, 9.17) is 21.1 Å². The number of halogens is 1. The van der Waals surface area contributed by atoms with Crippen LogP contribution in [0.5, 0.6) is 0 Å². The lowest BCUT2D eigenvalue weighted by atomic mass is 9.83. The van der Waals surface area contributed by atoms with Gasteiger partial charge < -0.3 is 14.4 Å². The summed E-state index contributed by atoms with van der Waals surface area (Å²) >= 11 is 5.99. The molecule has 21 heavy (non-hydrogen) atoms. The molecule has 6 heteroatoms. The summed E-state index contributed by atoms with van der Waals surface area (Å²) in [7, 11) is 0. The summed E-state index contributed by atoms with van der Waals surface area (Å²) in [6, 6.07) is 7.12.